The van der Waals surface area contributed by atoms with Crippen molar-refractivity contribution in [3.63, 3.8) is 0 Å². The summed E-state index contributed by atoms with van der Waals surface area (Å²) in [6, 6.07) is 0. The lowest BCUT2D eigenvalue weighted by molar-refractivity contribution is -0.322. The molecule has 9 N–H and O–H groups in total. The largest absolute Gasteiger partial charge is 0.394 e. The highest BCUT2D eigenvalue weighted by atomic mass is 16.7. The molecule has 0 aromatic carbocycles. The van der Waals surface area contributed by atoms with Gasteiger partial charge in [-0.15, -0.1) is 0 Å². The summed E-state index contributed by atoms with van der Waals surface area (Å²) in [5.41, 5.74) is -2.04. The highest BCUT2D eigenvalue weighted by molar-refractivity contribution is 5.51. The van der Waals surface area contributed by atoms with Crippen molar-refractivity contribution in [2.75, 3.05) is 26.4 Å². The Kier molecular flexibility index (Phi) is 9.65. The van der Waals surface area contributed by atoms with Gasteiger partial charge in [0.25, 0.3) is 0 Å². The summed E-state index contributed by atoms with van der Waals surface area (Å²) in [5, 5.41) is 88.0. The minimum absolute atomic E-state index is 0.341. The highest BCUT2D eigenvalue weighted by Crippen LogP contribution is 2.26. The Hall–Kier alpha value is -0.850. The smallest absolute Gasteiger partial charge is 0.186 e. The molecule has 0 bridgehead atoms. The zero-order valence-electron chi connectivity index (χ0n) is 16.5. The van der Waals surface area contributed by atoms with Crippen LogP contribution in [0.1, 0.15) is 6.42 Å². The average molecular weight is 458 g/mol. The first-order chi connectivity index (χ1) is 14.6. The summed E-state index contributed by atoms with van der Waals surface area (Å²) in [7, 11) is 0. The molecule has 0 aromatic heterocycles. The summed E-state index contributed by atoms with van der Waals surface area (Å²) in [6.45, 7) is -2.76. The van der Waals surface area contributed by atoms with Crippen LogP contribution in [0.4, 0.5) is 0 Å². The van der Waals surface area contributed by atoms with Gasteiger partial charge < -0.3 is 69.7 Å². The number of hydrogen-bond donors (Lipinski definition) is 9. The van der Waals surface area contributed by atoms with Crippen LogP contribution in [-0.4, -0.2) is 146 Å². The lowest BCUT2D eigenvalue weighted by atomic mass is 9.98. The van der Waals surface area contributed by atoms with E-state index in [1.165, 1.54) is 0 Å². The molecular weight excluding hydrogens is 428 g/mol. The van der Waals surface area contributed by atoms with Crippen LogP contribution in [0.5, 0.6) is 0 Å². The van der Waals surface area contributed by atoms with Crippen molar-refractivity contribution in [3.05, 3.63) is 0 Å². The van der Waals surface area contributed by atoms with E-state index >= 15 is 0 Å². The molecule has 10 atom stereocenters. The van der Waals surface area contributed by atoms with E-state index in [0.29, 0.717) is 6.29 Å². The van der Waals surface area contributed by atoms with Crippen molar-refractivity contribution in [3.8, 4) is 0 Å². The normalized spacial score (nSPS) is 41.8. The molecule has 0 unspecified atom stereocenters. The second-order valence-electron chi connectivity index (χ2n) is 7.61. The fourth-order valence-corrected chi connectivity index (χ4v) is 3.20. The molecule has 0 aromatic rings. The summed E-state index contributed by atoms with van der Waals surface area (Å²) < 4.78 is 20.8. The highest BCUT2D eigenvalue weighted by Gasteiger charge is 2.47. The molecule has 0 spiro atoms. The van der Waals surface area contributed by atoms with Gasteiger partial charge in [0.2, 0.25) is 0 Å². The molecule has 31 heavy (non-hydrogen) atoms. The maximum Gasteiger partial charge on any atom is 0.186 e. The average Bonchev–Trinajstić information content (AvgIpc) is 2.75. The second kappa shape index (κ2) is 11.3. The van der Waals surface area contributed by atoms with Crippen molar-refractivity contribution in [1.29, 1.82) is 0 Å². The van der Waals surface area contributed by atoms with E-state index in [2.05, 4.69) is 0 Å². The Labute approximate surface area is 176 Å². The summed E-state index contributed by atoms with van der Waals surface area (Å²) in [5.74, 6) is 0. The van der Waals surface area contributed by atoms with Crippen LogP contribution in [-0.2, 0) is 23.7 Å². The van der Waals surface area contributed by atoms with E-state index in [0.717, 1.165) is 0 Å². The zero-order chi connectivity index (χ0) is 23.3. The van der Waals surface area contributed by atoms with Crippen LogP contribution in [0.3, 0.4) is 0 Å². The van der Waals surface area contributed by atoms with Gasteiger partial charge in [-0.3, -0.25) is 0 Å². The Bertz CT molecular complexity index is 519. The fourth-order valence-electron chi connectivity index (χ4n) is 3.20. The predicted molar refractivity (Wildman–Crippen MR) is 95.1 cm³/mol. The third kappa shape index (κ3) is 6.14. The molecule has 0 aliphatic carbocycles. The molecule has 182 valence electrons. The first-order valence-electron chi connectivity index (χ1n) is 9.58. The molecule has 14 nitrogen and oxygen atoms in total. The molecule has 2 heterocycles. The molecule has 2 aliphatic rings. The van der Waals surface area contributed by atoms with E-state index in [4.69, 9.17) is 18.9 Å². The number of carbonyl (C=O) groups excluding carboxylic acids is 1. The minimum atomic E-state index is -2.04. The Morgan fingerprint density at radius 3 is 1.42 bits per heavy atom. The number of aldehydes is 1. The van der Waals surface area contributed by atoms with Gasteiger partial charge in [-0.25, -0.2) is 0 Å². The molecule has 0 amide bonds. The third-order valence-electron chi connectivity index (χ3n) is 5.19. The molecule has 2 aliphatic heterocycles. The topological polar surface area (TPSA) is 236 Å². The van der Waals surface area contributed by atoms with E-state index < -0.39 is 99.9 Å². The van der Waals surface area contributed by atoms with Gasteiger partial charge in [0.15, 0.2) is 12.6 Å². The number of hydrogen-bond acceptors (Lipinski definition) is 14. The van der Waals surface area contributed by atoms with E-state index in [1.807, 2.05) is 0 Å². The van der Waals surface area contributed by atoms with Crippen molar-refractivity contribution >= 4 is 6.29 Å². The molecule has 2 saturated heterocycles. The maximum absolute atomic E-state index is 11.0. The van der Waals surface area contributed by atoms with Crippen LogP contribution < -0.4 is 0 Å². The minimum Gasteiger partial charge on any atom is -0.394 e. The number of aliphatic hydroxyl groups excluding tert-OH is 8. The predicted octanol–water partition coefficient (Wildman–Crippen LogP) is -6.06. The first kappa shape index (κ1) is 26.4. The van der Waals surface area contributed by atoms with Crippen molar-refractivity contribution in [1.82, 2.24) is 0 Å². The number of aliphatic hydroxyl groups is 9. The van der Waals surface area contributed by atoms with E-state index in [1.54, 1.807) is 0 Å². The molecule has 2 rings (SSSR count). The lowest BCUT2D eigenvalue weighted by Gasteiger charge is -2.42. The third-order valence-corrected chi connectivity index (χ3v) is 5.19. The number of ether oxygens (including phenoxy) is 4. The first-order valence-corrected chi connectivity index (χ1v) is 9.58. The van der Waals surface area contributed by atoms with E-state index in [9.17, 15) is 50.8 Å². The quantitative estimate of drug-likeness (QED) is 0.139. The van der Waals surface area contributed by atoms with Gasteiger partial charge in [-0.05, 0) is 0 Å². The van der Waals surface area contributed by atoms with Gasteiger partial charge in [0.05, 0.1) is 26.4 Å². The Balaban J connectivity index is 1.99. The van der Waals surface area contributed by atoms with Crippen LogP contribution in [0, 0.1) is 0 Å². The zero-order valence-corrected chi connectivity index (χ0v) is 16.5. The number of carbonyl (C=O) groups is 1. The number of rotatable bonds is 10. The Morgan fingerprint density at radius 2 is 1.10 bits per heavy atom. The molecule has 14 heteroatoms. The summed E-state index contributed by atoms with van der Waals surface area (Å²) in [6.07, 6.45) is -15.9. The SMILES string of the molecule is O=CCC(O)(CO[C@@H]1O[C@H](CO)[C@@H](O)[C@H](O)[C@H]1O)CO[C@@H]1O[C@H](CO)[C@@H](O)[C@H](O)[C@H]1O. The Morgan fingerprint density at radius 1 is 0.710 bits per heavy atom. The van der Waals surface area contributed by atoms with Crippen LogP contribution in [0.2, 0.25) is 0 Å². The van der Waals surface area contributed by atoms with E-state index in [-0.39, 0.29) is 0 Å². The fraction of sp³-hybridized carbons (Fsp3) is 0.941. The molecule has 2 fully saturated rings. The van der Waals surface area contributed by atoms with Crippen LogP contribution in [0.15, 0.2) is 0 Å². The van der Waals surface area contributed by atoms with Crippen molar-refractivity contribution in [2.45, 2.75) is 73.4 Å². The second-order valence-corrected chi connectivity index (χ2v) is 7.61. The monoisotopic (exact) mass is 458 g/mol. The van der Waals surface area contributed by atoms with Gasteiger partial charge in [0, 0.05) is 6.42 Å². The van der Waals surface area contributed by atoms with Crippen molar-refractivity contribution in [2.24, 2.45) is 0 Å². The van der Waals surface area contributed by atoms with Gasteiger partial charge in [0.1, 0.15) is 60.7 Å². The lowest BCUT2D eigenvalue weighted by Crippen LogP contribution is -2.60. The van der Waals surface area contributed by atoms with Gasteiger partial charge in [-0.2, -0.15) is 0 Å². The standard InChI is InChI=1S/C17H30O14/c18-2-1-17(27,5-28-15-13(25)11(23)9(21)7(3-19)30-15)6-29-16-14(26)12(24)10(22)8(4-20)31-16/h2,7-16,19-27H,1,3-6H2/t7-,8-,9-,10-,11+,12+,13-,14-,15-,16-/m1/s1. The molecule has 0 saturated carbocycles. The molecule has 0 radical (unpaired) electrons. The summed E-state index contributed by atoms with van der Waals surface area (Å²) >= 11 is 0. The van der Waals surface area contributed by atoms with Gasteiger partial charge >= 0.3 is 0 Å². The van der Waals surface area contributed by atoms with Crippen LogP contribution >= 0.6 is 0 Å². The maximum atomic E-state index is 11.0. The van der Waals surface area contributed by atoms with Gasteiger partial charge in [-0.1, -0.05) is 0 Å². The van der Waals surface area contributed by atoms with Crippen LogP contribution in [0.25, 0.3) is 0 Å². The summed E-state index contributed by atoms with van der Waals surface area (Å²) in [4.78, 5) is 11.0. The van der Waals surface area contributed by atoms with Crippen molar-refractivity contribution < 1.29 is 69.7 Å². The molecular formula is C17H30O14.